The van der Waals surface area contributed by atoms with Crippen molar-refractivity contribution < 1.29 is 12.8 Å². The molecule has 0 aliphatic carbocycles. The SMILES string of the molecule is O=S1(=O)CC[C@@H](c2ccccc2)N1c1ccc2c(cnn2-c2ccc(F)cc2)c1. The van der Waals surface area contributed by atoms with Crippen molar-refractivity contribution in [2.75, 3.05) is 10.1 Å². The number of benzene rings is 3. The molecule has 5 nitrogen and oxygen atoms in total. The molecule has 1 aliphatic heterocycles. The van der Waals surface area contributed by atoms with E-state index in [1.165, 1.54) is 16.4 Å². The van der Waals surface area contributed by atoms with Crippen molar-refractivity contribution in [3.63, 3.8) is 0 Å². The van der Waals surface area contributed by atoms with Gasteiger partial charge in [-0.25, -0.2) is 17.5 Å². The highest BCUT2D eigenvalue weighted by Gasteiger charge is 2.38. The van der Waals surface area contributed by atoms with Crippen LogP contribution in [0.2, 0.25) is 0 Å². The summed E-state index contributed by atoms with van der Waals surface area (Å²) in [4.78, 5) is 0. The van der Waals surface area contributed by atoms with E-state index in [-0.39, 0.29) is 17.6 Å². The summed E-state index contributed by atoms with van der Waals surface area (Å²) < 4.78 is 42.1. The van der Waals surface area contributed by atoms with Crippen molar-refractivity contribution in [2.24, 2.45) is 0 Å². The predicted molar refractivity (Wildman–Crippen MR) is 111 cm³/mol. The van der Waals surface area contributed by atoms with Crippen molar-refractivity contribution >= 4 is 26.6 Å². The summed E-state index contributed by atoms with van der Waals surface area (Å²) in [6.07, 6.45) is 2.25. The van der Waals surface area contributed by atoms with Gasteiger partial charge in [-0.05, 0) is 54.4 Å². The van der Waals surface area contributed by atoms with Gasteiger partial charge in [0, 0.05) is 5.39 Å². The van der Waals surface area contributed by atoms with Crippen LogP contribution in [0.5, 0.6) is 0 Å². The molecule has 1 atom stereocenters. The third kappa shape index (κ3) is 3.07. The lowest BCUT2D eigenvalue weighted by molar-refractivity contribution is 0.597. The summed E-state index contributed by atoms with van der Waals surface area (Å²) in [5.41, 5.74) is 3.18. The Balaban J connectivity index is 1.58. The highest BCUT2D eigenvalue weighted by atomic mass is 32.2. The maximum absolute atomic E-state index is 13.2. The molecular weight excluding hydrogens is 389 g/mol. The van der Waals surface area contributed by atoms with Crippen LogP contribution in [0.25, 0.3) is 16.6 Å². The molecule has 1 saturated heterocycles. The van der Waals surface area contributed by atoms with E-state index in [2.05, 4.69) is 5.10 Å². The Morgan fingerprint density at radius 3 is 2.41 bits per heavy atom. The lowest BCUT2D eigenvalue weighted by Crippen LogP contribution is -2.28. The van der Waals surface area contributed by atoms with Crippen LogP contribution in [-0.4, -0.2) is 24.0 Å². The molecule has 2 heterocycles. The van der Waals surface area contributed by atoms with Gasteiger partial charge in [0.15, 0.2) is 0 Å². The number of sulfonamides is 1. The van der Waals surface area contributed by atoms with Gasteiger partial charge < -0.3 is 0 Å². The molecule has 0 amide bonds. The normalized spacial score (nSPS) is 18.4. The van der Waals surface area contributed by atoms with E-state index in [9.17, 15) is 12.8 Å². The second-order valence-corrected chi connectivity index (χ2v) is 9.07. The zero-order valence-electron chi connectivity index (χ0n) is 15.4. The molecule has 146 valence electrons. The minimum absolute atomic E-state index is 0.124. The highest BCUT2D eigenvalue weighted by Crippen LogP contribution is 2.39. The number of fused-ring (bicyclic) bond motifs is 1. The van der Waals surface area contributed by atoms with Crippen molar-refractivity contribution in [3.05, 3.63) is 90.4 Å². The van der Waals surface area contributed by atoms with Gasteiger partial charge >= 0.3 is 0 Å². The number of nitrogens with zero attached hydrogens (tertiary/aromatic N) is 3. The molecule has 29 heavy (non-hydrogen) atoms. The lowest BCUT2D eigenvalue weighted by atomic mass is 10.0. The number of anilines is 1. The summed E-state index contributed by atoms with van der Waals surface area (Å²) in [5, 5.41) is 5.22. The van der Waals surface area contributed by atoms with E-state index in [1.807, 2.05) is 48.5 Å². The third-order valence-corrected chi connectivity index (χ3v) is 7.11. The van der Waals surface area contributed by atoms with Gasteiger partial charge in [0.1, 0.15) is 5.82 Å². The van der Waals surface area contributed by atoms with Gasteiger partial charge in [0.2, 0.25) is 10.0 Å². The molecule has 0 unspecified atom stereocenters. The standard InChI is InChI=1S/C22H18FN3O2S/c23-18-6-8-19(9-7-18)25-21-11-10-20(14-17(21)15-24-25)26-22(12-13-29(26,27)28)16-4-2-1-3-5-16/h1-11,14-15,22H,12-13H2/t22-/m0/s1. The number of aromatic nitrogens is 2. The number of hydrogen-bond donors (Lipinski definition) is 0. The van der Waals surface area contributed by atoms with Crippen LogP contribution in [0, 0.1) is 5.82 Å². The largest absolute Gasteiger partial charge is 0.263 e. The minimum atomic E-state index is -3.39. The van der Waals surface area contributed by atoms with Crippen LogP contribution in [-0.2, 0) is 10.0 Å². The summed E-state index contributed by atoms with van der Waals surface area (Å²) >= 11 is 0. The summed E-state index contributed by atoms with van der Waals surface area (Å²) in [6.45, 7) is 0. The smallest absolute Gasteiger partial charge is 0.235 e. The van der Waals surface area contributed by atoms with Gasteiger partial charge in [0.05, 0.1) is 34.9 Å². The molecule has 3 aromatic carbocycles. The molecule has 5 rings (SSSR count). The minimum Gasteiger partial charge on any atom is -0.263 e. The summed E-state index contributed by atoms with van der Waals surface area (Å²) in [7, 11) is -3.39. The van der Waals surface area contributed by atoms with E-state index in [0.717, 1.165) is 22.2 Å². The lowest BCUT2D eigenvalue weighted by Gasteiger charge is -2.25. The molecular formula is C22H18FN3O2S. The zero-order chi connectivity index (χ0) is 20.0. The average Bonchev–Trinajstić information content (AvgIpc) is 3.29. The topological polar surface area (TPSA) is 55.2 Å². The van der Waals surface area contributed by atoms with E-state index in [0.29, 0.717) is 12.1 Å². The molecule has 1 aromatic heterocycles. The van der Waals surface area contributed by atoms with Crippen LogP contribution in [0.15, 0.2) is 79.0 Å². The fourth-order valence-corrected chi connectivity index (χ4v) is 5.70. The predicted octanol–water partition coefficient (Wildman–Crippen LogP) is 4.45. The quantitative estimate of drug-likeness (QED) is 0.504. The third-order valence-electron chi connectivity index (χ3n) is 5.29. The molecule has 0 bridgehead atoms. The second kappa shape index (κ2) is 6.70. The van der Waals surface area contributed by atoms with Gasteiger partial charge in [0.25, 0.3) is 0 Å². The monoisotopic (exact) mass is 407 g/mol. The Hall–Kier alpha value is -3.19. The van der Waals surface area contributed by atoms with E-state index < -0.39 is 10.0 Å². The molecule has 1 aliphatic rings. The number of halogens is 1. The first-order valence-corrected chi connectivity index (χ1v) is 10.9. The zero-order valence-corrected chi connectivity index (χ0v) is 16.3. The van der Waals surface area contributed by atoms with E-state index in [1.54, 1.807) is 23.0 Å². The summed E-state index contributed by atoms with van der Waals surface area (Å²) in [6, 6.07) is 21.1. The Kier molecular flexibility index (Phi) is 4.13. The molecule has 0 spiro atoms. The maximum Gasteiger partial charge on any atom is 0.235 e. The fourth-order valence-electron chi connectivity index (χ4n) is 3.93. The Morgan fingerprint density at radius 2 is 1.66 bits per heavy atom. The molecule has 1 fully saturated rings. The first-order chi connectivity index (χ1) is 14.0. The molecule has 0 radical (unpaired) electrons. The van der Waals surface area contributed by atoms with Gasteiger partial charge in [-0.15, -0.1) is 0 Å². The van der Waals surface area contributed by atoms with Crippen molar-refractivity contribution in [2.45, 2.75) is 12.5 Å². The molecule has 0 N–H and O–H groups in total. The van der Waals surface area contributed by atoms with Crippen LogP contribution in [0.1, 0.15) is 18.0 Å². The second-order valence-electron chi connectivity index (χ2n) is 7.10. The first kappa shape index (κ1) is 17.9. The average molecular weight is 407 g/mol. The summed E-state index contributed by atoms with van der Waals surface area (Å²) in [5.74, 6) is -0.182. The van der Waals surface area contributed by atoms with Crippen LogP contribution in [0.4, 0.5) is 10.1 Å². The maximum atomic E-state index is 13.2. The molecule has 0 saturated carbocycles. The van der Waals surface area contributed by atoms with Crippen LogP contribution in [0.3, 0.4) is 0 Å². The van der Waals surface area contributed by atoms with Gasteiger partial charge in [-0.3, -0.25) is 4.31 Å². The Bertz CT molecular complexity index is 1280. The van der Waals surface area contributed by atoms with Crippen molar-refractivity contribution in [1.29, 1.82) is 0 Å². The van der Waals surface area contributed by atoms with Crippen molar-refractivity contribution in [1.82, 2.24) is 9.78 Å². The Morgan fingerprint density at radius 1 is 0.931 bits per heavy atom. The van der Waals surface area contributed by atoms with Crippen molar-refractivity contribution in [3.8, 4) is 5.69 Å². The number of hydrogen-bond acceptors (Lipinski definition) is 3. The highest BCUT2D eigenvalue weighted by molar-refractivity contribution is 7.93. The van der Waals surface area contributed by atoms with E-state index >= 15 is 0 Å². The Labute approximate surface area is 168 Å². The fraction of sp³-hybridized carbons (Fsp3) is 0.136. The number of rotatable bonds is 3. The van der Waals surface area contributed by atoms with E-state index in [4.69, 9.17) is 0 Å². The van der Waals surface area contributed by atoms with Gasteiger partial charge in [-0.2, -0.15) is 5.10 Å². The molecule has 7 heteroatoms. The van der Waals surface area contributed by atoms with Crippen LogP contribution >= 0.6 is 0 Å². The first-order valence-electron chi connectivity index (χ1n) is 9.34. The van der Waals surface area contributed by atoms with Gasteiger partial charge in [-0.1, -0.05) is 30.3 Å². The van der Waals surface area contributed by atoms with Crippen LogP contribution < -0.4 is 4.31 Å². The molecule has 4 aromatic rings.